The van der Waals surface area contributed by atoms with Gasteiger partial charge in [0.05, 0.1) is 10.3 Å². The summed E-state index contributed by atoms with van der Waals surface area (Å²) in [5.74, 6) is -0.533. The van der Waals surface area contributed by atoms with Crippen LogP contribution in [0.4, 0.5) is 11.5 Å². The molecule has 0 aliphatic heterocycles. The fraction of sp³-hybridized carbons (Fsp3) is 0.692. The average molecular weight is 296 g/mol. The molecule has 1 aromatic rings. The van der Waals surface area contributed by atoms with E-state index in [0.717, 1.165) is 12.8 Å². The van der Waals surface area contributed by atoms with E-state index in [9.17, 15) is 20.0 Å². The first-order valence-electron chi connectivity index (χ1n) is 7.10. The normalized spacial score (nSPS) is 16.3. The number of aromatic nitrogens is 2. The predicted molar refractivity (Wildman–Crippen MR) is 76.3 cm³/mol. The molecule has 1 saturated carbocycles. The number of aliphatic carboxylic acids is 1. The molecule has 1 heterocycles. The highest BCUT2D eigenvalue weighted by Gasteiger charge is 2.44. The minimum absolute atomic E-state index is 0.0664. The first-order valence-corrected chi connectivity index (χ1v) is 7.10. The Morgan fingerprint density at radius 3 is 2.67 bits per heavy atom. The van der Waals surface area contributed by atoms with Gasteiger partial charge in [-0.2, -0.15) is 5.10 Å². The van der Waals surface area contributed by atoms with Crippen LogP contribution in [-0.2, 0) is 11.3 Å². The van der Waals surface area contributed by atoms with E-state index >= 15 is 0 Å². The summed E-state index contributed by atoms with van der Waals surface area (Å²) in [5, 5.41) is 27.7. The van der Waals surface area contributed by atoms with E-state index in [2.05, 4.69) is 10.4 Å². The van der Waals surface area contributed by atoms with Crippen molar-refractivity contribution < 1.29 is 14.8 Å². The van der Waals surface area contributed by atoms with Gasteiger partial charge in [-0.05, 0) is 26.2 Å². The van der Waals surface area contributed by atoms with Gasteiger partial charge in [0.25, 0.3) is 0 Å². The molecule has 0 unspecified atom stereocenters. The lowest BCUT2D eigenvalue weighted by Crippen LogP contribution is -2.44. The standard InChI is InChI=1S/C13H20N4O4/c1-3-7-16-11(10(17(20)21)9(2)15-16)14-8-13(12(18)19)5-4-6-13/h14H,3-8H2,1-2H3,(H,18,19). The second-order valence-electron chi connectivity index (χ2n) is 5.56. The van der Waals surface area contributed by atoms with Gasteiger partial charge in [-0.1, -0.05) is 13.3 Å². The third-order valence-corrected chi connectivity index (χ3v) is 4.07. The minimum atomic E-state index is -0.845. The maximum absolute atomic E-state index is 11.4. The molecule has 1 aliphatic rings. The topological polar surface area (TPSA) is 110 Å². The number of carboxylic acids is 1. The van der Waals surface area contributed by atoms with Crippen molar-refractivity contribution in [3.8, 4) is 0 Å². The molecule has 0 amide bonds. The summed E-state index contributed by atoms with van der Waals surface area (Å²) in [6.45, 7) is 4.29. The van der Waals surface area contributed by atoms with E-state index in [4.69, 9.17) is 0 Å². The molecule has 2 rings (SSSR count). The van der Waals surface area contributed by atoms with Gasteiger partial charge in [0.2, 0.25) is 5.82 Å². The molecule has 0 saturated heterocycles. The highest BCUT2D eigenvalue weighted by atomic mass is 16.6. The number of anilines is 1. The maximum atomic E-state index is 11.4. The van der Waals surface area contributed by atoms with E-state index in [1.807, 2.05) is 6.92 Å². The Kier molecular flexibility index (Phi) is 4.15. The Labute approximate surface area is 122 Å². The van der Waals surface area contributed by atoms with Crippen LogP contribution < -0.4 is 5.32 Å². The Morgan fingerprint density at radius 2 is 2.24 bits per heavy atom. The predicted octanol–water partition coefficient (Wildman–Crippen LogP) is 2.18. The maximum Gasteiger partial charge on any atom is 0.333 e. The molecular formula is C13H20N4O4. The minimum Gasteiger partial charge on any atom is -0.481 e. The zero-order valence-corrected chi connectivity index (χ0v) is 12.3. The van der Waals surface area contributed by atoms with Crippen molar-refractivity contribution in [2.45, 2.75) is 46.1 Å². The summed E-state index contributed by atoms with van der Waals surface area (Å²) in [6.07, 6.45) is 2.87. The number of carboxylic acid groups (broad SMARTS) is 1. The monoisotopic (exact) mass is 296 g/mol. The van der Waals surface area contributed by atoms with Crippen LogP contribution in [0.15, 0.2) is 0 Å². The second-order valence-corrected chi connectivity index (χ2v) is 5.56. The fourth-order valence-electron chi connectivity index (χ4n) is 2.66. The molecule has 116 valence electrons. The zero-order valence-electron chi connectivity index (χ0n) is 12.3. The van der Waals surface area contributed by atoms with E-state index < -0.39 is 16.3 Å². The van der Waals surface area contributed by atoms with Crippen LogP contribution >= 0.6 is 0 Å². The molecule has 0 atom stereocenters. The lowest BCUT2D eigenvalue weighted by Gasteiger charge is -2.37. The van der Waals surface area contributed by atoms with Crippen molar-refractivity contribution in [1.29, 1.82) is 0 Å². The van der Waals surface area contributed by atoms with Crippen molar-refractivity contribution in [2.24, 2.45) is 5.41 Å². The Morgan fingerprint density at radius 1 is 1.57 bits per heavy atom. The molecule has 2 N–H and O–H groups in total. The van der Waals surface area contributed by atoms with Crippen LogP contribution in [0.1, 0.15) is 38.3 Å². The Balaban J connectivity index is 2.25. The van der Waals surface area contributed by atoms with Crippen molar-refractivity contribution in [3.63, 3.8) is 0 Å². The number of nitro groups is 1. The third-order valence-electron chi connectivity index (χ3n) is 4.07. The highest BCUT2D eigenvalue weighted by molar-refractivity contribution is 5.77. The van der Waals surface area contributed by atoms with E-state index in [1.54, 1.807) is 11.6 Å². The Hall–Kier alpha value is -2.12. The number of hydrogen-bond acceptors (Lipinski definition) is 5. The molecule has 0 aromatic carbocycles. The van der Waals surface area contributed by atoms with Gasteiger partial charge in [0.1, 0.15) is 5.69 Å². The largest absolute Gasteiger partial charge is 0.481 e. The van der Waals surface area contributed by atoms with Crippen LogP contribution in [0.2, 0.25) is 0 Å². The first kappa shape index (κ1) is 15.3. The first-order chi connectivity index (χ1) is 9.91. The average Bonchev–Trinajstić information content (AvgIpc) is 2.64. The number of hydrogen-bond donors (Lipinski definition) is 2. The summed E-state index contributed by atoms with van der Waals surface area (Å²) < 4.78 is 1.56. The summed E-state index contributed by atoms with van der Waals surface area (Å²) in [5.41, 5.74) is -0.527. The number of rotatable bonds is 7. The summed E-state index contributed by atoms with van der Waals surface area (Å²) in [6, 6.07) is 0. The van der Waals surface area contributed by atoms with E-state index in [0.29, 0.717) is 30.9 Å². The van der Waals surface area contributed by atoms with Gasteiger partial charge in [-0.25, -0.2) is 4.68 Å². The lowest BCUT2D eigenvalue weighted by atomic mass is 9.69. The third kappa shape index (κ3) is 2.70. The number of nitrogens with zero attached hydrogens (tertiary/aromatic N) is 3. The molecule has 1 fully saturated rings. The summed E-state index contributed by atoms with van der Waals surface area (Å²) in [7, 11) is 0. The number of carbonyl (C=O) groups is 1. The molecule has 8 nitrogen and oxygen atoms in total. The van der Waals surface area contributed by atoms with E-state index in [1.165, 1.54) is 0 Å². The molecule has 0 radical (unpaired) electrons. The Bertz CT molecular complexity index is 563. The van der Waals surface area contributed by atoms with Gasteiger partial charge in [0.15, 0.2) is 0 Å². The molecule has 8 heteroatoms. The zero-order chi connectivity index (χ0) is 15.6. The van der Waals surface area contributed by atoms with Gasteiger partial charge in [0, 0.05) is 13.1 Å². The summed E-state index contributed by atoms with van der Waals surface area (Å²) >= 11 is 0. The van der Waals surface area contributed by atoms with Crippen LogP contribution in [0.3, 0.4) is 0 Å². The molecule has 0 spiro atoms. The van der Waals surface area contributed by atoms with Crippen molar-refractivity contribution >= 4 is 17.5 Å². The number of aryl methyl sites for hydroxylation is 2. The molecule has 1 aliphatic carbocycles. The van der Waals surface area contributed by atoms with Crippen LogP contribution in [0, 0.1) is 22.5 Å². The van der Waals surface area contributed by atoms with Gasteiger partial charge >= 0.3 is 11.7 Å². The van der Waals surface area contributed by atoms with Crippen LogP contribution in [0.25, 0.3) is 0 Å². The fourth-order valence-corrected chi connectivity index (χ4v) is 2.66. The quantitative estimate of drug-likeness (QED) is 0.589. The van der Waals surface area contributed by atoms with Crippen LogP contribution in [0.5, 0.6) is 0 Å². The van der Waals surface area contributed by atoms with Gasteiger partial charge < -0.3 is 10.4 Å². The highest BCUT2D eigenvalue weighted by Crippen LogP contribution is 2.42. The van der Waals surface area contributed by atoms with Crippen molar-refractivity contribution in [2.75, 3.05) is 11.9 Å². The van der Waals surface area contributed by atoms with Gasteiger partial charge in [-0.3, -0.25) is 14.9 Å². The molecule has 21 heavy (non-hydrogen) atoms. The van der Waals surface area contributed by atoms with Crippen molar-refractivity contribution in [3.05, 3.63) is 15.8 Å². The lowest BCUT2D eigenvalue weighted by molar-refractivity contribution is -0.384. The van der Waals surface area contributed by atoms with Crippen LogP contribution in [-0.4, -0.2) is 32.3 Å². The smallest absolute Gasteiger partial charge is 0.333 e. The molecular weight excluding hydrogens is 276 g/mol. The second kappa shape index (κ2) is 5.71. The van der Waals surface area contributed by atoms with Crippen molar-refractivity contribution in [1.82, 2.24) is 9.78 Å². The number of nitrogens with one attached hydrogen (secondary N) is 1. The molecule has 0 bridgehead atoms. The molecule has 1 aromatic heterocycles. The van der Waals surface area contributed by atoms with Gasteiger partial charge in [-0.15, -0.1) is 0 Å². The summed E-state index contributed by atoms with van der Waals surface area (Å²) in [4.78, 5) is 22.1. The van der Waals surface area contributed by atoms with E-state index in [-0.39, 0.29) is 12.2 Å². The SMILES string of the molecule is CCCn1nc(C)c([N+](=O)[O-])c1NCC1(C(=O)O)CCC1.